The van der Waals surface area contributed by atoms with Crippen LogP contribution >= 0.6 is 22.6 Å². The summed E-state index contributed by atoms with van der Waals surface area (Å²) < 4.78 is 20.8. The molecule has 2 rings (SSSR count). The van der Waals surface area contributed by atoms with Crippen molar-refractivity contribution >= 4 is 28.7 Å². The zero-order valence-electron chi connectivity index (χ0n) is 11.2. The molecule has 5 heteroatoms. The van der Waals surface area contributed by atoms with E-state index in [4.69, 9.17) is 4.74 Å². The van der Waals surface area contributed by atoms with Gasteiger partial charge in [-0.15, -0.1) is 0 Å². The van der Waals surface area contributed by atoms with Crippen molar-refractivity contribution in [2.75, 3.05) is 13.1 Å². The number of halogens is 2. The minimum Gasteiger partial charge on any atom is -0.444 e. The summed E-state index contributed by atoms with van der Waals surface area (Å²) in [5, 5.41) is 0. The summed E-state index contributed by atoms with van der Waals surface area (Å²) in [5.74, 6) is 0. The summed E-state index contributed by atoms with van der Waals surface area (Å²) in [4.78, 5) is 13.1. The van der Waals surface area contributed by atoms with Crippen LogP contribution in [0, 0.1) is 3.57 Å². The molecule has 19 heavy (non-hydrogen) atoms. The van der Waals surface area contributed by atoms with E-state index in [1.807, 2.05) is 12.1 Å². The number of rotatable bonds is 1. The Hall–Kier alpha value is -0.850. The van der Waals surface area contributed by atoms with Crippen molar-refractivity contribution in [3.8, 4) is 0 Å². The molecule has 1 aromatic rings. The Morgan fingerprint density at radius 3 is 2.32 bits per heavy atom. The number of alkyl halides is 1. The Bertz CT molecular complexity index is 475. The van der Waals surface area contributed by atoms with Gasteiger partial charge in [0.1, 0.15) is 5.60 Å². The van der Waals surface area contributed by atoms with Gasteiger partial charge >= 0.3 is 6.09 Å². The lowest BCUT2D eigenvalue weighted by atomic mass is 9.88. The fourth-order valence-corrected chi connectivity index (χ4v) is 2.31. The first-order valence-corrected chi connectivity index (χ1v) is 7.20. The molecule has 1 amide bonds. The Morgan fingerprint density at radius 2 is 1.84 bits per heavy atom. The number of benzene rings is 1. The van der Waals surface area contributed by atoms with Crippen molar-refractivity contribution in [1.82, 2.24) is 4.90 Å². The molecule has 1 aliphatic heterocycles. The van der Waals surface area contributed by atoms with Gasteiger partial charge in [-0.2, -0.15) is 0 Å². The van der Waals surface area contributed by atoms with Crippen LogP contribution in [-0.4, -0.2) is 29.7 Å². The van der Waals surface area contributed by atoms with Crippen molar-refractivity contribution in [1.29, 1.82) is 0 Å². The number of hydrogen-bond acceptors (Lipinski definition) is 2. The molecule has 1 aliphatic rings. The van der Waals surface area contributed by atoms with Gasteiger partial charge in [-0.1, -0.05) is 12.1 Å². The number of hydrogen-bond donors (Lipinski definition) is 0. The summed E-state index contributed by atoms with van der Waals surface area (Å²) >= 11 is 2.18. The van der Waals surface area contributed by atoms with Gasteiger partial charge in [0.25, 0.3) is 0 Å². The van der Waals surface area contributed by atoms with Crippen LogP contribution in [0.1, 0.15) is 26.3 Å². The summed E-state index contributed by atoms with van der Waals surface area (Å²) in [6, 6.07) is 7.28. The number of ether oxygens (including phenoxy) is 1. The largest absolute Gasteiger partial charge is 0.444 e. The van der Waals surface area contributed by atoms with E-state index in [9.17, 15) is 9.18 Å². The van der Waals surface area contributed by atoms with Crippen molar-refractivity contribution in [2.24, 2.45) is 0 Å². The highest BCUT2D eigenvalue weighted by molar-refractivity contribution is 14.1. The second-order valence-corrected chi connectivity index (χ2v) is 7.05. The molecule has 0 bridgehead atoms. The lowest BCUT2D eigenvalue weighted by Crippen LogP contribution is -2.59. The van der Waals surface area contributed by atoms with Gasteiger partial charge < -0.3 is 9.64 Å². The average Bonchev–Trinajstić information content (AvgIpc) is 2.23. The first-order valence-electron chi connectivity index (χ1n) is 6.12. The standard InChI is InChI=1S/C14H17FINO2/c1-13(2,3)19-12(18)17-8-14(15,9-17)10-4-6-11(16)7-5-10/h4-7H,8-9H2,1-3H3. The van der Waals surface area contributed by atoms with Gasteiger partial charge in [-0.05, 0) is 61.1 Å². The van der Waals surface area contributed by atoms with Crippen molar-refractivity contribution in [3.05, 3.63) is 33.4 Å². The van der Waals surface area contributed by atoms with E-state index >= 15 is 0 Å². The van der Waals surface area contributed by atoms with E-state index in [1.54, 1.807) is 32.9 Å². The third-order valence-corrected chi connectivity index (χ3v) is 3.62. The molecule has 0 aliphatic carbocycles. The van der Waals surface area contributed by atoms with Crippen LogP contribution in [0.4, 0.5) is 9.18 Å². The van der Waals surface area contributed by atoms with Gasteiger partial charge in [0, 0.05) is 3.57 Å². The molecule has 104 valence electrons. The Morgan fingerprint density at radius 1 is 1.32 bits per heavy atom. The van der Waals surface area contributed by atoms with Gasteiger partial charge in [-0.25, -0.2) is 9.18 Å². The van der Waals surface area contributed by atoms with Crippen molar-refractivity contribution in [3.63, 3.8) is 0 Å². The zero-order chi connectivity index (χ0) is 14.3. The first kappa shape index (κ1) is 14.6. The quantitative estimate of drug-likeness (QED) is 0.699. The molecule has 0 N–H and O–H groups in total. The number of carbonyl (C=O) groups excluding carboxylic acids is 1. The van der Waals surface area contributed by atoms with Crippen LogP contribution in [0.25, 0.3) is 0 Å². The average molecular weight is 377 g/mol. The zero-order valence-corrected chi connectivity index (χ0v) is 13.4. The van der Waals surface area contributed by atoms with E-state index in [0.29, 0.717) is 5.56 Å². The highest BCUT2D eigenvalue weighted by Gasteiger charge is 2.48. The monoisotopic (exact) mass is 377 g/mol. The van der Waals surface area contributed by atoms with Crippen molar-refractivity contribution in [2.45, 2.75) is 32.0 Å². The summed E-state index contributed by atoms with van der Waals surface area (Å²) in [7, 11) is 0. The molecule has 3 nitrogen and oxygen atoms in total. The van der Waals surface area contributed by atoms with Crippen LogP contribution < -0.4 is 0 Å². The molecular weight excluding hydrogens is 360 g/mol. The Kier molecular flexibility index (Phi) is 3.77. The van der Waals surface area contributed by atoms with E-state index in [1.165, 1.54) is 4.90 Å². The van der Waals surface area contributed by atoms with E-state index in [-0.39, 0.29) is 13.1 Å². The molecule has 0 atom stereocenters. The Labute approximate surface area is 126 Å². The number of likely N-dealkylation sites (tertiary alicyclic amines) is 1. The van der Waals surface area contributed by atoms with Gasteiger partial charge in [-0.3, -0.25) is 0 Å². The fraction of sp³-hybridized carbons (Fsp3) is 0.500. The van der Waals surface area contributed by atoms with Gasteiger partial charge in [0.15, 0.2) is 5.67 Å². The van der Waals surface area contributed by atoms with Crippen LogP contribution in [0.15, 0.2) is 24.3 Å². The molecule has 1 saturated heterocycles. The molecule has 0 saturated carbocycles. The predicted molar refractivity (Wildman–Crippen MR) is 79.8 cm³/mol. The summed E-state index contributed by atoms with van der Waals surface area (Å²) in [6.07, 6.45) is -0.453. The van der Waals surface area contributed by atoms with Gasteiger partial charge in [0.2, 0.25) is 0 Å². The third-order valence-electron chi connectivity index (χ3n) is 2.90. The highest BCUT2D eigenvalue weighted by atomic mass is 127. The third kappa shape index (κ3) is 3.38. The maximum Gasteiger partial charge on any atom is 0.410 e. The molecule has 1 heterocycles. The van der Waals surface area contributed by atoms with Crippen LogP contribution in [-0.2, 0) is 10.4 Å². The number of amides is 1. The van der Waals surface area contributed by atoms with Crippen LogP contribution in [0.5, 0.6) is 0 Å². The molecule has 0 radical (unpaired) electrons. The van der Waals surface area contributed by atoms with Crippen molar-refractivity contribution < 1.29 is 13.9 Å². The molecule has 1 aromatic carbocycles. The highest BCUT2D eigenvalue weighted by Crippen LogP contribution is 2.36. The summed E-state index contributed by atoms with van der Waals surface area (Å²) in [5.41, 5.74) is -1.37. The van der Waals surface area contributed by atoms with Crippen LogP contribution in [0.3, 0.4) is 0 Å². The van der Waals surface area contributed by atoms with E-state index in [2.05, 4.69) is 22.6 Å². The predicted octanol–water partition coefficient (Wildman–Crippen LogP) is 3.71. The molecule has 0 spiro atoms. The SMILES string of the molecule is CC(C)(C)OC(=O)N1CC(F)(c2ccc(I)cc2)C1. The molecule has 0 unspecified atom stereocenters. The lowest BCUT2D eigenvalue weighted by molar-refractivity contribution is -0.0537. The molecular formula is C14H17FINO2. The van der Waals surface area contributed by atoms with E-state index < -0.39 is 17.4 Å². The van der Waals surface area contributed by atoms with Crippen LogP contribution in [0.2, 0.25) is 0 Å². The maximum atomic E-state index is 14.6. The van der Waals surface area contributed by atoms with E-state index in [0.717, 1.165) is 3.57 Å². The summed E-state index contributed by atoms with van der Waals surface area (Å²) in [6.45, 7) is 5.51. The smallest absolute Gasteiger partial charge is 0.410 e. The first-order chi connectivity index (χ1) is 8.70. The maximum absolute atomic E-state index is 14.6. The minimum absolute atomic E-state index is 0.0580. The topological polar surface area (TPSA) is 29.5 Å². The second kappa shape index (κ2) is 4.92. The molecule has 0 aromatic heterocycles. The number of nitrogens with zero attached hydrogens (tertiary/aromatic N) is 1. The van der Waals surface area contributed by atoms with Gasteiger partial charge in [0.05, 0.1) is 13.1 Å². The Balaban J connectivity index is 1.98. The second-order valence-electron chi connectivity index (χ2n) is 5.81. The normalized spacial score (nSPS) is 17.8. The fourth-order valence-electron chi connectivity index (χ4n) is 1.95. The number of carbonyl (C=O) groups is 1. The minimum atomic E-state index is -1.44. The molecule has 1 fully saturated rings. The lowest BCUT2D eigenvalue weighted by Gasteiger charge is -2.44.